The largest absolute Gasteiger partial charge is 0.374 e. The van der Waals surface area contributed by atoms with E-state index in [1.165, 1.54) is 0 Å². The maximum absolute atomic E-state index is 3.77. The zero-order chi connectivity index (χ0) is 6.69. The molecule has 0 unspecified atom stereocenters. The molecule has 0 saturated heterocycles. The number of aromatic nitrogens is 2. The Bertz CT molecular complexity index is 174. The molecule has 0 spiro atoms. The Morgan fingerprint density at radius 2 is 1.80 bits per heavy atom. The van der Waals surface area contributed by atoms with E-state index < -0.39 is 0 Å². The molecule has 0 atom stereocenters. The standard InChI is InChI=1S/C7H9N2.Cr/c1-6(2)7-3-8-5-9-4-7;/h3-4,6H,1-2H3;/q-1;. The normalized spacial score (nSPS) is 9.10. The molecule has 10 heavy (non-hydrogen) atoms. The van der Waals surface area contributed by atoms with Crippen LogP contribution < -0.4 is 0 Å². The Balaban J connectivity index is 0.000000810. The van der Waals surface area contributed by atoms with Gasteiger partial charge in [0.1, 0.15) is 0 Å². The van der Waals surface area contributed by atoms with Gasteiger partial charge in [-0.2, -0.15) is 0 Å². The summed E-state index contributed by atoms with van der Waals surface area (Å²) >= 11 is 0. The Labute approximate surface area is 71.8 Å². The third-order valence-corrected chi connectivity index (χ3v) is 1.21. The topological polar surface area (TPSA) is 25.8 Å². The van der Waals surface area contributed by atoms with Crippen molar-refractivity contribution in [2.75, 3.05) is 0 Å². The van der Waals surface area contributed by atoms with Crippen LogP contribution in [-0.4, -0.2) is 9.97 Å². The summed E-state index contributed by atoms with van der Waals surface area (Å²) in [6.07, 6.45) is 6.07. The van der Waals surface area contributed by atoms with Gasteiger partial charge >= 0.3 is 0 Å². The summed E-state index contributed by atoms with van der Waals surface area (Å²) in [7, 11) is 0. The molecule has 1 rings (SSSR count). The summed E-state index contributed by atoms with van der Waals surface area (Å²) in [4.78, 5) is 7.54. The molecule has 0 aliphatic heterocycles. The minimum atomic E-state index is 0. The van der Waals surface area contributed by atoms with Crippen molar-refractivity contribution < 1.29 is 17.4 Å². The molecule has 1 aromatic rings. The molecule has 3 heteroatoms. The Hall–Kier alpha value is -0.388. The van der Waals surface area contributed by atoms with E-state index in [9.17, 15) is 0 Å². The summed E-state index contributed by atoms with van der Waals surface area (Å²) in [5.41, 5.74) is 1.16. The zero-order valence-corrected chi connectivity index (χ0v) is 7.31. The maximum Gasteiger partial charge on any atom is 0.0213 e. The van der Waals surface area contributed by atoms with Gasteiger partial charge in [0.15, 0.2) is 0 Å². The summed E-state index contributed by atoms with van der Waals surface area (Å²) in [5, 5.41) is 0. The summed E-state index contributed by atoms with van der Waals surface area (Å²) in [5.74, 6) is 0.514. The van der Waals surface area contributed by atoms with E-state index in [1.54, 1.807) is 12.4 Å². The monoisotopic (exact) mass is 173 g/mol. The zero-order valence-electron chi connectivity index (χ0n) is 6.03. The molecule has 0 aromatic carbocycles. The third kappa shape index (κ3) is 2.47. The first-order chi connectivity index (χ1) is 4.30. The van der Waals surface area contributed by atoms with Crippen molar-refractivity contribution in [3.8, 4) is 0 Å². The van der Waals surface area contributed by atoms with Crippen LogP contribution in [-0.2, 0) is 17.4 Å². The van der Waals surface area contributed by atoms with Crippen molar-refractivity contribution in [1.29, 1.82) is 0 Å². The van der Waals surface area contributed by atoms with Crippen LogP contribution in [0.15, 0.2) is 12.4 Å². The van der Waals surface area contributed by atoms with Gasteiger partial charge in [-0.05, 0) is 5.92 Å². The van der Waals surface area contributed by atoms with Crippen molar-refractivity contribution in [3.63, 3.8) is 0 Å². The van der Waals surface area contributed by atoms with Gasteiger partial charge < -0.3 is 9.97 Å². The van der Waals surface area contributed by atoms with Crippen molar-refractivity contribution in [3.05, 3.63) is 24.3 Å². The molecule has 0 saturated carbocycles. The summed E-state index contributed by atoms with van der Waals surface area (Å²) in [6, 6.07) is 0. The van der Waals surface area contributed by atoms with Crippen LogP contribution in [0.4, 0.5) is 0 Å². The van der Waals surface area contributed by atoms with Gasteiger partial charge in [-0.1, -0.05) is 26.2 Å². The number of rotatable bonds is 1. The van der Waals surface area contributed by atoms with Crippen LogP contribution in [0.3, 0.4) is 0 Å². The average molecular weight is 173 g/mol. The maximum atomic E-state index is 3.77. The number of nitrogens with zero attached hydrogens (tertiary/aromatic N) is 2. The Morgan fingerprint density at radius 3 is 2.10 bits per heavy atom. The van der Waals surface area contributed by atoms with Crippen LogP contribution in [0.25, 0.3) is 0 Å². The van der Waals surface area contributed by atoms with Gasteiger partial charge in [-0.25, -0.2) is 0 Å². The van der Waals surface area contributed by atoms with Crippen LogP contribution in [0.2, 0.25) is 0 Å². The second-order valence-corrected chi connectivity index (χ2v) is 2.27. The van der Waals surface area contributed by atoms with E-state index in [0.29, 0.717) is 5.92 Å². The first kappa shape index (κ1) is 9.61. The predicted octanol–water partition coefficient (Wildman–Crippen LogP) is 1.40. The van der Waals surface area contributed by atoms with Gasteiger partial charge in [-0.3, -0.25) is 0 Å². The molecule has 0 aliphatic rings. The second-order valence-electron chi connectivity index (χ2n) is 2.27. The molecular weight excluding hydrogens is 164 g/mol. The van der Waals surface area contributed by atoms with Crippen molar-refractivity contribution in [1.82, 2.24) is 9.97 Å². The first-order valence-electron chi connectivity index (χ1n) is 2.98. The predicted molar refractivity (Wildman–Crippen MR) is 35.0 cm³/mol. The van der Waals surface area contributed by atoms with Gasteiger partial charge in [-0.15, -0.1) is 5.56 Å². The van der Waals surface area contributed by atoms with E-state index in [2.05, 4.69) is 30.1 Å². The fraction of sp³-hybridized carbons (Fsp3) is 0.429. The van der Waals surface area contributed by atoms with Gasteiger partial charge in [0.2, 0.25) is 0 Å². The fourth-order valence-corrected chi connectivity index (χ4v) is 0.572. The van der Waals surface area contributed by atoms with Crippen LogP contribution in [0.1, 0.15) is 25.3 Å². The minimum Gasteiger partial charge on any atom is -0.374 e. The van der Waals surface area contributed by atoms with E-state index in [4.69, 9.17) is 0 Å². The molecule has 0 bridgehead atoms. The molecule has 0 aliphatic carbocycles. The average Bonchev–Trinajstić information content (AvgIpc) is 1.90. The molecular formula is C7H9CrN2-. The van der Waals surface area contributed by atoms with Crippen LogP contribution in [0.5, 0.6) is 0 Å². The second kappa shape index (κ2) is 4.43. The van der Waals surface area contributed by atoms with Crippen molar-refractivity contribution in [2.24, 2.45) is 0 Å². The van der Waals surface area contributed by atoms with E-state index in [-0.39, 0.29) is 17.4 Å². The Kier molecular flexibility index (Phi) is 4.26. The van der Waals surface area contributed by atoms with Gasteiger partial charge in [0.05, 0.1) is 0 Å². The van der Waals surface area contributed by atoms with Crippen molar-refractivity contribution in [2.45, 2.75) is 19.8 Å². The smallest absolute Gasteiger partial charge is 0.0213 e. The molecule has 0 N–H and O–H groups in total. The van der Waals surface area contributed by atoms with E-state index >= 15 is 0 Å². The quantitative estimate of drug-likeness (QED) is 0.600. The number of hydrogen-bond donors (Lipinski definition) is 0. The molecule has 0 radical (unpaired) electrons. The first-order valence-corrected chi connectivity index (χ1v) is 2.98. The fourth-order valence-electron chi connectivity index (χ4n) is 0.572. The molecule has 1 aromatic heterocycles. The van der Waals surface area contributed by atoms with Gasteiger partial charge in [0.25, 0.3) is 0 Å². The molecule has 2 nitrogen and oxygen atoms in total. The number of hydrogen-bond acceptors (Lipinski definition) is 2. The third-order valence-electron chi connectivity index (χ3n) is 1.21. The Morgan fingerprint density at radius 1 is 1.30 bits per heavy atom. The van der Waals surface area contributed by atoms with E-state index in [0.717, 1.165) is 5.56 Å². The molecule has 1 heterocycles. The summed E-state index contributed by atoms with van der Waals surface area (Å²) < 4.78 is 0. The van der Waals surface area contributed by atoms with Crippen molar-refractivity contribution >= 4 is 0 Å². The molecule has 0 amide bonds. The van der Waals surface area contributed by atoms with Crippen LogP contribution >= 0.6 is 0 Å². The summed E-state index contributed by atoms with van der Waals surface area (Å²) in [6.45, 7) is 4.22. The van der Waals surface area contributed by atoms with Gasteiger partial charge in [0, 0.05) is 23.7 Å². The molecule has 54 valence electrons. The SMILES string of the molecule is CC(C)c1cn[c-]nc1.[Cr]. The molecule has 0 fully saturated rings. The van der Waals surface area contributed by atoms with E-state index in [1.807, 2.05) is 0 Å². The minimum absolute atomic E-state index is 0. The van der Waals surface area contributed by atoms with Crippen LogP contribution in [0, 0.1) is 6.33 Å².